The molecule has 0 spiro atoms. The van der Waals surface area contributed by atoms with Crippen LogP contribution in [0.5, 0.6) is 0 Å². The lowest BCUT2D eigenvalue weighted by molar-refractivity contribution is -0.143. The van der Waals surface area contributed by atoms with Crippen molar-refractivity contribution in [3.05, 3.63) is 30.3 Å². The van der Waals surface area contributed by atoms with E-state index in [4.69, 9.17) is 0 Å². The minimum Gasteiger partial charge on any atom is -0.481 e. The van der Waals surface area contributed by atoms with Gasteiger partial charge in [-0.1, -0.05) is 25.1 Å². The van der Waals surface area contributed by atoms with Crippen molar-refractivity contribution in [2.45, 2.75) is 30.7 Å². The van der Waals surface area contributed by atoms with Crippen LogP contribution in [0.3, 0.4) is 0 Å². The van der Waals surface area contributed by atoms with Crippen molar-refractivity contribution in [1.29, 1.82) is 0 Å². The molecule has 0 saturated carbocycles. The van der Waals surface area contributed by atoms with Crippen molar-refractivity contribution in [2.75, 3.05) is 26.2 Å². The van der Waals surface area contributed by atoms with E-state index in [-0.39, 0.29) is 36.0 Å². The molecule has 0 bridgehead atoms. The summed E-state index contributed by atoms with van der Waals surface area (Å²) in [4.78, 5) is 25.6. The number of benzene rings is 1. The average Bonchev–Trinajstić information content (AvgIpc) is 3.11. The van der Waals surface area contributed by atoms with Gasteiger partial charge in [-0.2, -0.15) is 4.31 Å². The molecule has 0 radical (unpaired) electrons. The third-order valence-corrected chi connectivity index (χ3v) is 7.04. The van der Waals surface area contributed by atoms with E-state index in [0.717, 1.165) is 0 Å². The first-order valence-corrected chi connectivity index (χ1v) is 10.5. The Hall–Kier alpha value is -2.13. The number of amides is 2. The number of carboxylic acids is 1. The number of aliphatic carboxylic acids is 1. The maximum Gasteiger partial charge on any atom is 0.317 e. The summed E-state index contributed by atoms with van der Waals surface area (Å²) in [5.41, 5.74) is 0. The fourth-order valence-electron chi connectivity index (χ4n) is 3.77. The number of piperidine rings is 1. The number of hydrogen-bond acceptors (Lipinski definition) is 4. The number of likely N-dealkylation sites (tertiary alicyclic amines) is 1. The number of nitrogens with one attached hydrogen (secondary N) is 1. The SMILES string of the molecule is CC1CC(C(=O)O)CN(C(=O)N[C@H]2CCN(S(=O)(=O)c3ccccc3)C2)C1. The summed E-state index contributed by atoms with van der Waals surface area (Å²) in [6.45, 7) is 3.18. The van der Waals surface area contributed by atoms with Gasteiger partial charge in [-0.25, -0.2) is 13.2 Å². The van der Waals surface area contributed by atoms with E-state index in [1.165, 1.54) is 9.21 Å². The normalized spacial score (nSPS) is 26.7. The predicted molar refractivity (Wildman–Crippen MR) is 98.6 cm³/mol. The molecular weight excluding hydrogens is 370 g/mol. The summed E-state index contributed by atoms with van der Waals surface area (Å²) in [5, 5.41) is 12.1. The van der Waals surface area contributed by atoms with Gasteiger partial charge in [0.25, 0.3) is 0 Å². The quantitative estimate of drug-likeness (QED) is 0.797. The van der Waals surface area contributed by atoms with Crippen LogP contribution in [0.15, 0.2) is 35.2 Å². The molecule has 0 aromatic heterocycles. The van der Waals surface area contributed by atoms with Crippen LogP contribution in [0.1, 0.15) is 19.8 Å². The first-order chi connectivity index (χ1) is 12.8. The second-order valence-electron chi connectivity index (χ2n) is 7.39. The Morgan fingerprint density at radius 2 is 1.85 bits per heavy atom. The summed E-state index contributed by atoms with van der Waals surface area (Å²) in [7, 11) is -3.57. The number of hydrogen-bond donors (Lipinski definition) is 2. The fraction of sp³-hybridized carbons (Fsp3) is 0.556. The van der Waals surface area contributed by atoms with Crippen molar-refractivity contribution in [3.8, 4) is 0 Å². The molecule has 1 aromatic rings. The smallest absolute Gasteiger partial charge is 0.317 e. The molecule has 2 heterocycles. The zero-order valence-corrected chi connectivity index (χ0v) is 16.1. The number of nitrogens with zero attached hydrogens (tertiary/aromatic N) is 2. The fourth-order valence-corrected chi connectivity index (χ4v) is 5.29. The van der Waals surface area contributed by atoms with Crippen molar-refractivity contribution in [2.24, 2.45) is 11.8 Å². The Balaban J connectivity index is 1.59. The Labute approximate surface area is 159 Å². The van der Waals surface area contributed by atoms with Gasteiger partial charge in [0, 0.05) is 32.2 Å². The van der Waals surface area contributed by atoms with Gasteiger partial charge in [-0.05, 0) is 30.9 Å². The van der Waals surface area contributed by atoms with E-state index in [2.05, 4.69) is 5.32 Å². The highest BCUT2D eigenvalue weighted by molar-refractivity contribution is 7.89. The van der Waals surface area contributed by atoms with E-state index in [0.29, 0.717) is 25.9 Å². The Morgan fingerprint density at radius 3 is 2.52 bits per heavy atom. The first kappa shape index (κ1) is 19.6. The van der Waals surface area contributed by atoms with E-state index in [1.807, 2.05) is 6.92 Å². The van der Waals surface area contributed by atoms with Crippen LogP contribution in [-0.2, 0) is 14.8 Å². The van der Waals surface area contributed by atoms with Crippen LogP contribution >= 0.6 is 0 Å². The summed E-state index contributed by atoms with van der Waals surface area (Å²) >= 11 is 0. The first-order valence-electron chi connectivity index (χ1n) is 9.11. The summed E-state index contributed by atoms with van der Waals surface area (Å²) in [5.74, 6) is -1.33. The van der Waals surface area contributed by atoms with Crippen molar-refractivity contribution < 1.29 is 23.1 Å². The molecule has 1 aromatic carbocycles. The topological polar surface area (TPSA) is 107 Å². The number of rotatable bonds is 4. The largest absolute Gasteiger partial charge is 0.481 e. The number of urea groups is 1. The van der Waals surface area contributed by atoms with Gasteiger partial charge < -0.3 is 15.3 Å². The lowest BCUT2D eigenvalue weighted by Gasteiger charge is -2.35. The van der Waals surface area contributed by atoms with Crippen LogP contribution in [0.4, 0.5) is 4.79 Å². The number of carbonyl (C=O) groups excluding carboxylic acids is 1. The van der Waals surface area contributed by atoms with E-state index >= 15 is 0 Å². The summed E-state index contributed by atoms with van der Waals surface area (Å²) < 4.78 is 26.7. The van der Waals surface area contributed by atoms with Crippen LogP contribution < -0.4 is 5.32 Å². The maximum atomic E-state index is 12.7. The minimum atomic E-state index is -3.57. The van der Waals surface area contributed by atoms with Gasteiger partial charge in [-0.3, -0.25) is 4.79 Å². The highest BCUT2D eigenvalue weighted by Crippen LogP contribution is 2.23. The highest BCUT2D eigenvalue weighted by atomic mass is 32.2. The van der Waals surface area contributed by atoms with Gasteiger partial charge in [0.15, 0.2) is 0 Å². The van der Waals surface area contributed by atoms with E-state index < -0.39 is 21.9 Å². The van der Waals surface area contributed by atoms with Gasteiger partial charge in [0.05, 0.1) is 10.8 Å². The van der Waals surface area contributed by atoms with Crippen LogP contribution in [-0.4, -0.2) is 67.0 Å². The molecule has 3 rings (SSSR count). The second-order valence-corrected chi connectivity index (χ2v) is 9.33. The summed E-state index contributed by atoms with van der Waals surface area (Å²) in [6.07, 6.45) is 1.09. The van der Waals surface area contributed by atoms with Crippen molar-refractivity contribution in [3.63, 3.8) is 0 Å². The second kappa shape index (κ2) is 7.85. The molecule has 0 aliphatic carbocycles. The molecule has 8 nitrogen and oxygen atoms in total. The van der Waals surface area contributed by atoms with Gasteiger partial charge >= 0.3 is 12.0 Å². The molecule has 27 heavy (non-hydrogen) atoms. The van der Waals surface area contributed by atoms with E-state index in [9.17, 15) is 23.1 Å². The van der Waals surface area contributed by atoms with Crippen molar-refractivity contribution >= 4 is 22.0 Å². The monoisotopic (exact) mass is 395 g/mol. The van der Waals surface area contributed by atoms with Gasteiger partial charge in [-0.15, -0.1) is 0 Å². The molecule has 2 fully saturated rings. The van der Waals surface area contributed by atoms with Gasteiger partial charge in [0.1, 0.15) is 0 Å². The molecule has 2 N–H and O–H groups in total. The van der Waals surface area contributed by atoms with Crippen LogP contribution in [0.2, 0.25) is 0 Å². The van der Waals surface area contributed by atoms with Gasteiger partial charge in [0.2, 0.25) is 10.0 Å². The van der Waals surface area contributed by atoms with Crippen molar-refractivity contribution in [1.82, 2.24) is 14.5 Å². The lowest BCUT2D eigenvalue weighted by Crippen LogP contribution is -2.52. The zero-order chi connectivity index (χ0) is 19.6. The number of carbonyl (C=O) groups is 2. The average molecular weight is 395 g/mol. The highest BCUT2D eigenvalue weighted by Gasteiger charge is 2.36. The number of carboxylic acid groups (broad SMARTS) is 1. The Kier molecular flexibility index (Phi) is 5.71. The molecule has 9 heteroatoms. The third kappa shape index (κ3) is 4.41. The zero-order valence-electron chi connectivity index (χ0n) is 15.2. The lowest BCUT2D eigenvalue weighted by atomic mass is 9.91. The predicted octanol–water partition coefficient (Wildman–Crippen LogP) is 1.20. The molecule has 2 aliphatic rings. The standard InChI is InChI=1S/C18H25N3O5S/c1-13-9-14(17(22)23)11-20(10-13)18(24)19-15-7-8-21(12-15)27(25,26)16-5-3-2-4-6-16/h2-6,13-15H,7-12H2,1H3,(H,19,24)(H,22,23)/t13?,14?,15-/m0/s1. The maximum absolute atomic E-state index is 12.7. The summed E-state index contributed by atoms with van der Waals surface area (Å²) in [6, 6.07) is 7.63. The molecule has 2 saturated heterocycles. The van der Waals surface area contributed by atoms with Crippen LogP contribution in [0, 0.1) is 11.8 Å². The number of sulfonamides is 1. The molecule has 148 valence electrons. The molecule has 2 unspecified atom stereocenters. The van der Waals surface area contributed by atoms with Crippen LogP contribution in [0.25, 0.3) is 0 Å². The molecular formula is C18H25N3O5S. The minimum absolute atomic E-state index is 0.115. The molecule has 3 atom stereocenters. The molecule has 2 aliphatic heterocycles. The Bertz CT molecular complexity index is 798. The Morgan fingerprint density at radius 1 is 1.15 bits per heavy atom. The third-order valence-electron chi connectivity index (χ3n) is 5.16. The van der Waals surface area contributed by atoms with E-state index in [1.54, 1.807) is 30.3 Å². The molecule has 2 amide bonds.